The van der Waals surface area contributed by atoms with Crippen LogP contribution in [0.15, 0.2) is 48.5 Å². The fourth-order valence-corrected chi connectivity index (χ4v) is 1.74. The lowest BCUT2D eigenvalue weighted by Gasteiger charge is -2.15. The summed E-state index contributed by atoms with van der Waals surface area (Å²) in [6.45, 7) is 4.03. The third-order valence-corrected chi connectivity index (χ3v) is 2.62. The van der Waals surface area contributed by atoms with Gasteiger partial charge >= 0.3 is 0 Å². The van der Waals surface area contributed by atoms with Crippen LogP contribution in [0, 0.1) is 0 Å². The molecule has 0 spiro atoms. The second-order valence-corrected chi connectivity index (χ2v) is 4.73. The normalized spacial score (nSPS) is 10.4. The summed E-state index contributed by atoms with van der Waals surface area (Å²) in [6.07, 6.45) is 0.151. The summed E-state index contributed by atoms with van der Waals surface area (Å²) in [5.74, 6) is 0.849. The summed E-state index contributed by atoms with van der Waals surface area (Å²) in [6, 6.07) is 15.5. The Morgan fingerprint density at radius 1 is 1.00 bits per heavy atom. The molecular weight excluding hydrogens is 246 g/mol. The minimum atomic E-state index is 0.151. The van der Waals surface area contributed by atoms with Crippen molar-refractivity contribution in [3.63, 3.8) is 0 Å². The number of hydrogen-bond donors (Lipinski definition) is 1. The molecule has 94 valence electrons. The number of anilines is 2. The van der Waals surface area contributed by atoms with Gasteiger partial charge in [0.1, 0.15) is 5.75 Å². The number of rotatable bonds is 4. The maximum Gasteiger partial charge on any atom is 0.143 e. The molecule has 0 saturated heterocycles. The quantitative estimate of drug-likeness (QED) is 0.848. The van der Waals surface area contributed by atoms with E-state index in [1.807, 2.05) is 62.4 Å². The van der Waals surface area contributed by atoms with Crippen LogP contribution < -0.4 is 10.1 Å². The van der Waals surface area contributed by atoms with Gasteiger partial charge < -0.3 is 10.1 Å². The van der Waals surface area contributed by atoms with E-state index in [-0.39, 0.29) is 6.10 Å². The number of hydrogen-bond acceptors (Lipinski definition) is 2. The van der Waals surface area contributed by atoms with Crippen molar-refractivity contribution in [3.8, 4) is 5.75 Å². The maximum absolute atomic E-state index is 5.86. The van der Waals surface area contributed by atoms with Crippen LogP contribution in [0.4, 0.5) is 11.4 Å². The van der Waals surface area contributed by atoms with Crippen LogP contribution in [-0.2, 0) is 0 Å². The third kappa shape index (κ3) is 3.41. The fourth-order valence-electron chi connectivity index (χ4n) is 1.62. The Morgan fingerprint density at radius 2 is 1.67 bits per heavy atom. The van der Waals surface area contributed by atoms with E-state index in [0.29, 0.717) is 0 Å². The van der Waals surface area contributed by atoms with Gasteiger partial charge in [0.2, 0.25) is 0 Å². The molecule has 0 aliphatic heterocycles. The highest BCUT2D eigenvalue weighted by atomic mass is 35.5. The lowest BCUT2D eigenvalue weighted by Crippen LogP contribution is -2.07. The van der Waals surface area contributed by atoms with Crippen LogP contribution in [0.5, 0.6) is 5.75 Å². The SMILES string of the molecule is CC(C)Oc1ccccc1Nc1ccc(Cl)cc1. The Bertz CT molecular complexity index is 508. The topological polar surface area (TPSA) is 21.3 Å². The maximum atomic E-state index is 5.86. The van der Waals surface area contributed by atoms with E-state index in [1.54, 1.807) is 0 Å². The highest BCUT2D eigenvalue weighted by Gasteiger charge is 2.04. The smallest absolute Gasteiger partial charge is 0.143 e. The summed E-state index contributed by atoms with van der Waals surface area (Å²) < 4.78 is 5.75. The van der Waals surface area contributed by atoms with E-state index >= 15 is 0 Å². The summed E-state index contributed by atoms with van der Waals surface area (Å²) >= 11 is 5.86. The van der Waals surface area contributed by atoms with Crippen LogP contribution in [0.1, 0.15) is 13.8 Å². The summed E-state index contributed by atoms with van der Waals surface area (Å²) in [4.78, 5) is 0. The molecular formula is C15H16ClNO. The lowest BCUT2D eigenvalue weighted by atomic mass is 10.2. The van der Waals surface area contributed by atoms with Crippen molar-refractivity contribution in [2.24, 2.45) is 0 Å². The minimum absolute atomic E-state index is 0.151. The standard InChI is InChI=1S/C15H16ClNO/c1-11(2)18-15-6-4-3-5-14(15)17-13-9-7-12(16)8-10-13/h3-11,17H,1-2H3. The first kappa shape index (κ1) is 12.8. The molecule has 0 unspecified atom stereocenters. The van der Waals surface area contributed by atoms with Crippen molar-refractivity contribution in [1.29, 1.82) is 0 Å². The number of para-hydroxylation sites is 2. The average Bonchev–Trinajstić information content (AvgIpc) is 2.34. The molecule has 0 heterocycles. The van der Waals surface area contributed by atoms with E-state index in [4.69, 9.17) is 16.3 Å². The van der Waals surface area contributed by atoms with Gasteiger partial charge in [-0.15, -0.1) is 0 Å². The number of benzene rings is 2. The third-order valence-electron chi connectivity index (χ3n) is 2.37. The van der Waals surface area contributed by atoms with Crippen LogP contribution in [0.2, 0.25) is 5.02 Å². The first-order valence-corrected chi connectivity index (χ1v) is 6.31. The highest BCUT2D eigenvalue weighted by molar-refractivity contribution is 6.30. The molecule has 2 aromatic rings. The van der Waals surface area contributed by atoms with Crippen molar-refractivity contribution >= 4 is 23.0 Å². The summed E-state index contributed by atoms with van der Waals surface area (Å²) in [5.41, 5.74) is 1.94. The molecule has 0 radical (unpaired) electrons. The fraction of sp³-hybridized carbons (Fsp3) is 0.200. The van der Waals surface area contributed by atoms with Gasteiger partial charge in [-0.1, -0.05) is 23.7 Å². The van der Waals surface area contributed by atoms with E-state index in [0.717, 1.165) is 22.1 Å². The number of nitrogens with one attached hydrogen (secondary N) is 1. The Kier molecular flexibility index (Phi) is 4.11. The summed E-state index contributed by atoms with van der Waals surface area (Å²) in [5, 5.41) is 4.05. The highest BCUT2D eigenvalue weighted by Crippen LogP contribution is 2.28. The van der Waals surface area contributed by atoms with Crippen LogP contribution in [0.25, 0.3) is 0 Å². The van der Waals surface area contributed by atoms with Gasteiger partial charge in [0, 0.05) is 10.7 Å². The molecule has 0 atom stereocenters. The van der Waals surface area contributed by atoms with Gasteiger partial charge in [0.05, 0.1) is 11.8 Å². The van der Waals surface area contributed by atoms with E-state index in [1.165, 1.54) is 0 Å². The zero-order chi connectivity index (χ0) is 13.0. The van der Waals surface area contributed by atoms with Gasteiger partial charge in [-0.3, -0.25) is 0 Å². The largest absolute Gasteiger partial charge is 0.489 e. The van der Waals surface area contributed by atoms with Gasteiger partial charge in [0.25, 0.3) is 0 Å². The zero-order valence-electron chi connectivity index (χ0n) is 10.5. The second-order valence-electron chi connectivity index (χ2n) is 4.29. The van der Waals surface area contributed by atoms with Crippen LogP contribution >= 0.6 is 11.6 Å². The monoisotopic (exact) mass is 261 g/mol. The Balaban J connectivity index is 2.20. The predicted molar refractivity (Wildman–Crippen MR) is 76.9 cm³/mol. The van der Waals surface area contributed by atoms with Gasteiger partial charge in [0.15, 0.2) is 0 Å². The van der Waals surface area contributed by atoms with Crippen molar-refractivity contribution in [3.05, 3.63) is 53.6 Å². The van der Waals surface area contributed by atoms with Gasteiger partial charge in [-0.05, 0) is 50.2 Å². The molecule has 0 aliphatic carbocycles. The van der Waals surface area contributed by atoms with E-state index < -0.39 is 0 Å². The van der Waals surface area contributed by atoms with Crippen molar-refractivity contribution in [2.45, 2.75) is 20.0 Å². The summed E-state index contributed by atoms with van der Waals surface area (Å²) in [7, 11) is 0. The second kappa shape index (κ2) is 5.78. The zero-order valence-corrected chi connectivity index (χ0v) is 11.2. The molecule has 2 rings (SSSR count). The predicted octanol–water partition coefficient (Wildman–Crippen LogP) is 4.87. The van der Waals surface area contributed by atoms with E-state index in [9.17, 15) is 0 Å². The Hall–Kier alpha value is -1.67. The Morgan fingerprint density at radius 3 is 2.33 bits per heavy atom. The Labute approximate surface area is 113 Å². The molecule has 1 N–H and O–H groups in total. The average molecular weight is 262 g/mol. The molecule has 2 aromatic carbocycles. The molecule has 0 fully saturated rings. The van der Waals surface area contributed by atoms with Crippen molar-refractivity contribution < 1.29 is 4.74 Å². The molecule has 0 amide bonds. The van der Waals surface area contributed by atoms with Crippen LogP contribution in [0.3, 0.4) is 0 Å². The molecule has 0 aliphatic rings. The molecule has 0 saturated carbocycles. The number of ether oxygens (including phenoxy) is 1. The van der Waals surface area contributed by atoms with Gasteiger partial charge in [-0.2, -0.15) is 0 Å². The molecule has 2 nitrogen and oxygen atoms in total. The lowest BCUT2D eigenvalue weighted by molar-refractivity contribution is 0.244. The van der Waals surface area contributed by atoms with E-state index in [2.05, 4.69) is 5.32 Å². The molecule has 3 heteroatoms. The van der Waals surface area contributed by atoms with Crippen molar-refractivity contribution in [2.75, 3.05) is 5.32 Å². The first-order valence-electron chi connectivity index (χ1n) is 5.93. The number of halogens is 1. The van der Waals surface area contributed by atoms with Crippen LogP contribution in [-0.4, -0.2) is 6.10 Å². The first-order chi connectivity index (χ1) is 8.65. The molecule has 18 heavy (non-hydrogen) atoms. The minimum Gasteiger partial charge on any atom is -0.489 e. The molecule has 0 bridgehead atoms. The van der Waals surface area contributed by atoms with Gasteiger partial charge in [-0.25, -0.2) is 0 Å². The molecule has 0 aromatic heterocycles. The van der Waals surface area contributed by atoms with Crippen molar-refractivity contribution in [1.82, 2.24) is 0 Å².